The Morgan fingerprint density at radius 2 is 2.38 bits per heavy atom. The summed E-state index contributed by atoms with van der Waals surface area (Å²) in [5.41, 5.74) is 6.30. The highest BCUT2D eigenvalue weighted by Crippen LogP contribution is 2.29. The zero-order chi connectivity index (χ0) is 15.2. The molecule has 1 amide bonds. The number of nitrogens with one attached hydrogen (secondary N) is 1. The fourth-order valence-electron chi connectivity index (χ4n) is 2.77. The standard InChI is InChI=1S/C15H25N3O3/c1-3-11(16)14(13-6-5-8-21-13)18-7-9-20-10-12(18)15(19)17-4-2/h5-6,8,11-12,14H,3-4,7,9-10,16H2,1-2H3,(H,17,19). The van der Waals surface area contributed by atoms with E-state index >= 15 is 0 Å². The van der Waals surface area contributed by atoms with E-state index in [1.165, 1.54) is 0 Å². The van der Waals surface area contributed by atoms with Crippen molar-refractivity contribution >= 4 is 5.91 Å². The van der Waals surface area contributed by atoms with Gasteiger partial charge in [-0.15, -0.1) is 0 Å². The van der Waals surface area contributed by atoms with Crippen molar-refractivity contribution in [2.45, 2.75) is 38.4 Å². The number of ether oxygens (including phenoxy) is 1. The molecule has 2 heterocycles. The average molecular weight is 295 g/mol. The lowest BCUT2D eigenvalue weighted by atomic mass is 9.99. The lowest BCUT2D eigenvalue weighted by Gasteiger charge is -2.41. The summed E-state index contributed by atoms with van der Waals surface area (Å²) in [5.74, 6) is 0.789. The second-order valence-electron chi connectivity index (χ2n) is 5.26. The maximum absolute atomic E-state index is 12.3. The van der Waals surface area contributed by atoms with Gasteiger partial charge in [0.25, 0.3) is 0 Å². The Kier molecular flexibility index (Phi) is 5.78. The van der Waals surface area contributed by atoms with Gasteiger partial charge in [-0.3, -0.25) is 9.69 Å². The molecule has 1 aromatic heterocycles. The van der Waals surface area contributed by atoms with E-state index in [0.717, 1.165) is 12.2 Å². The third-order valence-electron chi connectivity index (χ3n) is 3.89. The summed E-state index contributed by atoms with van der Waals surface area (Å²) in [6.45, 7) is 6.22. The molecular weight excluding hydrogens is 270 g/mol. The van der Waals surface area contributed by atoms with Crippen LogP contribution in [0, 0.1) is 0 Å². The second-order valence-corrected chi connectivity index (χ2v) is 5.26. The minimum Gasteiger partial charge on any atom is -0.468 e. The van der Waals surface area contributed by atoms with E-state index in [-0.39, 0.29) is 24.0 Å². The van der Waals surface area contributed by atoms with E-state index in [0.29, 0.717) is 26.3 Å². The minimum absolute atomic E-state index is 0.0166. The van der Waals surface area contributed by atoms with Crippen LogP contribution in [-0.2, 0) is 9.53 Å². The highest BCUT2D eigenvalue weighted by atomic mass is 16.5. The summed E-state index contributed by atoms with van der Waals surface area (Å²) in [6.07, 6.45) is 2.46. The number of nitrogens with zero attached hydrogens (tertiary/aromatic N) is 1. The van der Waals surface area contributed by atoms with Gasteiger partial charge >= 0.3 is 0 Å². The van der Waals surface area contributed by atoms with Crippen molar-refractivity contribution in [2.24, 2.45) is 5.73 Å². The Bertz CT molecular complexity index is 435. The topological polar surface area (TPSA) is 80.7 Å². The van der Waals surface area contributed by atoms with Crippen molar-refractivity contribution in [3.8, 4) is 0 Å². The van der Waals surface area contributed by atoms with E-state index < -0.39 is 0 Å². The molecule has 1 aromatic rings. The molecule has 3 N–H and O–H groups in total. The van der Waals surface area contributed by atoms with Crippen LogP contribution in [0.5, 0.6) is 0 Å². The largest absolute Gasteiger partial charge is 0.468 e. The second kappa shape index (κ2) is 7.59. The van der Waals surface area contributed by atoms with Crippen molar-refractivity contribution in [2.75, 3.05) is 26.3 Å². The molecule has 1 aliphatic heterocycles. The van der Waals surface area contributed by atoms with Gasteiger partial charge in [0.15, 0.2) is 0 Å². The van der Waals surface area contributed by atoms with Gasteiger partial charge in [-0.1, -0.05) is 6.92 Å². The van der Waals surface area contributed by atoms with Gasteiger partial charge in [0, 0.05) is 19.1 Å². The summed E-state index contributed by atoms with van der Waals surface area (Å²) in [5, 5.41) is 2.87. The molecule has 0 spiro atoms. The van der Waals surface area contributed by atoms with Gasteiger partial charge in [-0.25, -0.2) is 0 Å². The maximum atomic E-state index is 12.3. The first kappa shape index (κ1) is 16.0. The number of hydrogen-bond donors (Lipinski definition) is 2. The summed E-state index contributed by atoms with van der Waals surface area (Å²) >= 11 is 0. The fraction of sp³-hybridized carbons (Fsp3) is 0.667. The van der Waals surface area contributed by atoms with Crippen LogP contribution in [0.2, 0.25) is 0 Å². The quantitative estimate of drug-likeness (QED) is 0.815. The Morgan fingerprint density at radius 3 is 3.00 bits per heavy atom. The normalized spacial score (nSPS) is 22.7. The molecule has 0 bridgehead atoms. The maximum Gasteiger partial charge on any atom is 0.239 e. The third kappa shape index (κ3) is 3.64. The van der Waals surface area contributed by atoms with E-state index in [1.54, 1.807) is 6.26 Å². The average Bonchev–Trinajstić information content (AvgIpc) is 3.02. The molecule has 3 atom stereocenters. The number of furan rings is 1. The van der Waals surface area contributed by atoms with Crippen LogP contribution in [0.4, 0.5) is 0 Å². The predicted molar refractivity (Wildman–Crippen MR) is 79.7 cm³/mol. The van der Waals surface area contributed by atoms with Gasteiger partial charge in [-0.05, 0) is 25.5 Å². The number of rotatable bonds is 6. The van der Waals surface area contributed by atoms with Crippen molar-refractivity contribution in [3.63, 3.8) is 0 Å². The Labute approximate surface area is 125 Å². The number of carbonyl (C=O) groups is 1. The molecule has 2 rings (SSSR count). The van der Waals surface area contributed by atoms with Crippen molar-refractivity contribution in [3.05, 3.63) is 24.2 Å². The highest BCUT2D eigenvalue weighted by Gasteiger charge is 2.38. The van der Waals surface area contributed by atoms with Crippen LogP contribution >= 0.6 is 0 Å². The molecule has 0 aromatic carbocycles. The molecular formula is C15H25N3O3. The lowest BCUT2D eigenvalue weighted by Crippen LogP contribution is -2.57. The number of morpholine rings is 1. The first-order valence-electron chi connectivity index (χ1n) is 7.59. The fourth-order valence-corrected chi connectivity index (χ4v) is 2.77. The number of carbonyl (C=O) groups excluding carboxylic acids is 1. The number of nitrogens with two attached hydrogens (primary N) is 1. The Balaban J connectivity index is 2.25. The zero-order valence-electron chi connectivity index (χ0n) is 12.7. The molecule has 0 aliphatic carbocycles. The van der Waals surface area contributed by atoms with Crippen molar-refractivity contribution in [1.29, 1.82) is 0 Å². The first-order valence-corrected chi connectivity index (χ1v) is 7.59. The number of likely N-dealkylation sites (N-methyl/N-ethyl adjacent to an activating group) is 1. The molecule has 3 unspecified atom stereocenters. The lowest BCUT2D eigenvalue weighted by molar-refractivity contribution is -0.135. The molecule has 1 aliphatic rings. The van der Waals surface area contributed by atoms with Crippen LogP contribution in [0.3, 0.4) is 0 Å². The molecule has 0 saturated carbocycles. The molecule has 0 radical (unpaired) electrons. The van der Waals surface area contributed by atoms with Crippen molar-refractivity contribution in [1.82, 2.24) is 10.2 Å². The zero-order valence-corrected chi connectivity index (χ0v) is 12.7. The molecule has 1 saturated heterocycles. The van der Waals surface area contributed by atoms with Gasteiger partial charge in [0.05, 0.1) is 25.5 Å². The van der Waals surface area contributed by atoms with E-state index in [9.17, 15) is 4.79 Å². The monoisotopic (exact) mass is 295 g/mol. The first-order chi connectivity index (χ1) is 10.2. The van der Waals surface area contributed by atoms with Crippen LogP contribution < -0.4 is 11.1 Å². The van der Waals surface area contributed by atoms with Crippen LogP contribution in [-0.4, -0.2) is 49.2 Å². The molecule has 6 heteroatoms. The summed E-state index contributed by atoms with van der Waals surface area (Å²) in [6, 6.07) is 3.25. The predicted octanol–water partition coefficient (Wildman–Crippen LogP) is 0.895. The smallest absolute Gasteiger partial charge is 0.239 e. The highest BCUT2D eigenvalue weighted by molar-refractivity contribution is 5.82. The summed E-state index contributed by atoms with van der Waals surface area (Å²) < 4.78 is 11.1. The number of amides is 1. The Hall–Kier alpha value is -1.37. The minimum atomic E-state index is -0.327. The number of hydrogen-bond acceptors (Lipinski definition) is 5. The van der Waals surface area contributed by atoms with Crippen LogP contribution in [0.1, 0.15) is 32.1 Å². The summed E-state index contributed by atoms with van der Waals surface area (Å²) in [7, 11) is 0. The van der Waals surface area contributed by atoms with Crippen LogP contribution in [0.25, 0.3) is 0 Å². The van der Waals surface area contributed by atoms with Gasteiger partial charge in [0.1, 0.15) is 11.8 Å². The van der Waals surface area contributed by atoms with Crippen molar-refractivity contribution < 1.29 is 13.9 Å². The molecule has 1 fully saturated rings. The molecule has 21 heavy (non-hydrogen) atoms. The van der Waals surface area contributed by atoms with E-state index in [1.807, 2.05) is 26.0 Å². The van der Waals surface area contributed by atoms with E-state index in [4.69, 9.17) is 14.9 Å². The Morgan fingerprint density at radius 1 is 1.57 bits per heavy atom. The molecule has 6 nitrogen and oxygen atoms in total. The van der Waals surface area contributed by atoms with Gasteiger partial charge in [-0.2, -0.15) is 0 Å². The van der Waals surface area contributed by atoms with E-state index in [2.05, 4.69) is 10.2 Å². The summed E-state index contributed by atoms with van der Waals surface area (Å²) in [4.78, 5) is 14.4. The van der Waals surface area contributed by atoms with Gasteiger partial charge < -0.3 is 20.2 Å². The van der Waals surface area contributed by atoms with Gasteiger partial charge in [0.2, 0.25) is 5.91 Å². The third-order valence-corrected chi connectivity index (χ3v) is 3.89. The molecule has 118 valence electrons. The van der Waals surface area contributed by atoms with Crippen LogP contribution in [0.15, 0.2) is 22.8 Å². The SMILES string of the molecule is CCNC(=O)C1COCCN1C(c1ccco1)C(N)CC.